The number of rotatable bonds is 5. The number of Topliss-reactive ketones (excluding diaryl/α,β-unsaturated/α-hetero) is 1. The fourth-order valence-corrected chi connectivity index (χ4v) is 2.30. The molecular weight excluding hydrogens is 298 g/mol. The van der Waals surface area contributed by atoms with E-state index in [2.05, 4.69) is 5.32 Å². The Hall–Kier alpha value is -2.68. The van der Waals surface area contributed by atoms with Gasteiger partial charge in [-0.25, -0.2) is 0 Å². The van der Waals surface area contributed by atoms with Gasteiger partial charge in [0.1, 0.15) is 0 Å². The normalized spacial score (nSPS) is 11.9. The minimum absolute atomic E-state index is 0.0275. The molecule has 0 atom stereocenters. The van der Waals surface area contributed by atoms with Gasteiger partial charge in [-0.3, -0.25) is 9.59 Å². The van der Waals surface area contributed by atoms with Crippen LogP contribution in [-0.2, 0) is 4.79 Å². The maximum atomic E-state index is 12.7. The van der Waals surface area contributed by atoms with Gasteiger partial charge in [-0.2, -0.15) is 0 Å². The fraction of sp³-hybridized carbons (Fsp3) is 0.238. The molecule has 0 spiro atoms. The number of nitrogens with one attached hydrogen (secondary N) is 1. The molecule has 0 aliphatic heterocycles. The Morgan fingerprint density at radius 1 is 0.917 bits per heavy atom. The highest BCUT2D eigenvalue weighted by atomic mass is 16.2. The van der Waals surface area contributed by atoms with Gasteiger partial charge in [0.25, 0.3) is 5.91 Å². The molecule has 1 amide bonds. The highest BCUT2D eigenvalue weighted by molar-refractivity contribution is 6.04. The summed E-state index contributed by atoms with van der Waals surface area (Å²) in [6, 6.07) is 18.7. The fourth-order valence-electron chi connectivity index (χ4n) is 2.30. The highest BCUT2D eigenvalue weighted by Crippen LogP contribution is 2.21. The number of benzene rings is 2. The average Bonchev–Trinajstić information content (AvgIpc) is 2.58. The van der Waals surface area contributed by atoms with Crippen LogP contribution in [0.15, 0.2) is 66.2 Å². The molecule has 0 saturated carbocycles. The molecule has 0 fully saturated rings. The second kappa shape index (κ2) is 7.73. The first kappa shape index (κ1) is 17.7. The van der Waals surface area contributed by atoms with Gasteiger partial charge < -0.3 is 5.32 Å². The second-order valence-electron chi connectivity index (χ2n) is 6.71. The largest absolute Gasteiger partial charge is 0.348 e. The van der Waals surface area contributed by atoms with Crippen LogP contribution in [0.3, 0.4) is 0 Å². The zero-order valence-corrected chi connectivity index (χ0v) is 14.4. The number of ketones is 1. The molecule has 0 bridgehead atoms. The van der Waals surface area contributed by atoms with Gasteiger partial charge in [0.2, 0.25) is 0 Å². The smallest absolute Gasteiger partial charge is 0.251 e. The quantitative estimate of drug-likeness (QED) is 0.842. The molecule has 124 valence electrons. The van der Waals surface area contributed by atoms with E-state index in [1.165, 1.54) is 0 Å². The number of hydrogen-bond acceptors (Lipinski definition) is 2. The van der Waals surface area contributed by atoms with Gasteiger partial charge in [0, 0.05) is 23.1 Å². The molecule has 2 aromatic carbocycles. The third-order valence-electron chi connectivity index (χ3n) is 3.59. The Morgan fingerprint density at radius 3 is 2.00 bits per heavy atom. The summed E-state index contributed by atoms with van der Waals surface area (Å²) in [4.78, 5) is 24.9. The first-order valence-electron chi connectivity index (χ1n) is 8.01. The van der Waals surface area contributed by atoms with E-state index in [4.69, 9.17) is 0 Å². The van der Waals surface area contributed by atoms with E-state index in [1.54, 1.807) is 12.1 Å². The third kappa shape index (κ3) is 4.92. The monoisotopic (exact) mass is 321 g/mol. The molecule has 2 rings (SSSR count). The number of amides is 1. The minimum atomic E-state index is -0.502. The maximum Gasteiger partial charge on any atom is 0.251 e. The van der Waals surface area contributed by atoms with Crippen molar-refractivity contribution in [1.29, 1.82) is 0 Å². The Labute approximate surface area is 143 Å². The van der Waals surface area contributed by atoms with Crippen molar-refractivity contribution >= 4 is 17.8 Å². The minimum Gasteiger partial charge on any atom is -0.348 e. The summed E-state index contributed by atoms with van der Waals surface area (Å²) in [7, 11) is 0. The summed E-state index contributed by atoms with van der Waals surface area (Å²) in [6.07, 6.45) is 1.85. The molecule has 3 heteroatoms. The van der Waals surface area contributed by atoms with Gasteiger partial charge in [0.15, 0.2) is 5.78 Å². The Balaban J connectivity index is 2.19. The SMILES string of the molecule is CC(C)(C)C(=O)/C(=C\c1ccccc1)CNC(=O)c1ccccc1. The van der Waals surface area contributed by atoms with Crippen molar-refractivity contribution in [2.75, 3.05) is 6.54 Å². The molecule has 0 aliphatic carbocycles. The van der Waals surface area contributed by atoms with Crippen molar-refractivity contribution < 1.29 is 9.59 Å². The summed E-state index contributed by atoms with van der Waals surface area (Å²) in [5.74, 6) is -0.156. The predicted molar refractivity (Wildman–Crippen MR) is 97.7 cm³/mol. The van der Waals surface area contributed by atoms with Crippen LogP contribution in [0.2, 0.25) is 0 Å². The van der Waals surface area contributed by atoms with Crippen LogP contribution in [0.25, 0.3) is 6.08 Å². The van der Waals surface area contributed by atoms with Crippen molar-refractivity contribution in [2.24, 2.45) is 5.41 Å². The van der Waals surface area contributed by atoms with Crippen LogP contribution >= 0.6 is 0 Å². The Kier molecular flexibility index (Phi) is 5.69. The van der Waals surface area contributed by atoms with E-state index in [0.717, 1.165) is 5.56 Å². The summed E-state index contributed by atoms with van der Waals surface area (Å²) in [5, 5.41) is 2.84. The average molecular weight is 321 g/mol. The highest BCUT2D eigenvalue weighted by Gasteiger charge is 2.25. The first-order valence-corrected chi connectivity index (χ1v) is 8.01. The molecule has 3 nitrogen and oxygen atoms in total. The molecule has 0 heterocycles. The number of hydrogen-bond donors (Lipinski definition) is 1. The van der Waals surface area contributed by atoms with Crippen molar-refractivity contribution in [3.63, 3.8) is 0 Å². The van der Waals surface area contributed by atoms with E-state index in [-0.39, 0.29) is 18.2 Å². The van der Waals surface area contributed by atoms with Crippen molar-refractivity contribution in [1.82, 2.24) is 5.32 Å². The molecule has 0 unspecified atom stereocenters. The zero-order chi connectivity index (χ0) is 17.6. The molecule has 1 N–H and O–H groups in total. The molecule has 2 aromatic rings. The molecule has 0 aliphatic rings. The Bertz CT molecular complexity index is 725. The lowest BCUT2D eigenvalue weighted by Crippen LogP contribution is -2.31. The van der Waals surface area contributed by atoms with E-state index < -0.39 is 5.41 Å². The van der Waals surface area contributed by atoms with Gasteiger partial charge in [-0.05, 0) is 23.8 Å². The lowest BCUT2D eigenvalue weighted by Gasteiger charge is -2.19. The summed E-state index contributed by atoms with van der Waals surface area (Å²) < 4.78 is 0. The number of carbonyl (C=O) groups is 2. The van der Waals surface area contributed by atoms with Crippen LogP contribution in [0, 0.1) is 5.41 Å². The molecule has 0 radical (unpaired) electrons. The van der Waals surface area contributed by atoms with Gasteiger partial charge in [-0.1, -0.05) is 69.3 Å². The number of carbonyl (C=O) groups excluding carboxylic acids is 2. The summed E-state index contributed by atoms with van der Waals surface area (Å²) >= 11 is 0. The lowest BCUT2D eigenvalue weighted by atomic mass is 9.85. The zero-order valence-electron chi connectivity index (χ0n) is 14.4. The van der Waals surface area contributed by atoms with E-state index in [1.807, 2.05) is 75.4 Å². The van der Waals surface area contributed by atoms with Crippen LogP contribution in [0.5, 0.6) is 0 Å². The van der Waals surface area contributed by atoms with E-state index >= 15 is 0 Å². The summed E-state index contributed by atoms with van der Waals surface area (Å²) in [6.45, 7) is 5.85. The topological polar surface area (TPSA) is 46.2 Å². The molecule has 24 heavy (non-hydrogen) atoms. The Morgan fingerprint density at radius 2 is 1.46 bits per heavy atom. The van der Waals surface area contributed by atoms with E-state index in [9.17, 15) is 9.59 Å². The van der Waals surface area contributed by atoms with Crippen molar-refractivity contribution in [3.8, 4) is 0 Å². The van der Waals surface area contributed by atoms with Crippen molar-refractivity contribution in [3.05, 3.63) is 77.4 Å². The summed E-state index contributed by atoms with van der Waals surface area (Å²) in [5.41, 5.74) is 1.62. The van der Waals surface area contributed by atoms with Crippen LogP contribution in [0.1, 0.15) is 36.7 Å². The molecule has 0 aromatic heterocycles. The van der Waals surface area contributed by atoms with Crippen LogP contribution < -0.4 is 5.32 Å². The standard InChI is InChI=1S/C21H23NO2/c1-21(2,3)19(23)18(14-16-10-6-4-7-11-16)15-22-20(24)17-12-8-5-9-13-17/h4-14H,15H2,1-3H3,(H,22,24)/b18-14-. The molecule has 0 saturated heterocycles. The van der Waals surface area contributed by atoms with Gasteiger partial charge >= 0.3 is 0 Å². The van der Waals surface area contributed by atoms with Crippen LogP contribution in [0.4, 0.5) is 0 Å². The van der Waals surface area contributed by atoms with Gasteiger partial charge in [-0.15, -0.1) is 0 Å². The lowest BCUT2D eigenvalue weighted by molar-refractivity contribution is -0.122. The van der Waals surface area contributed by atoms with Crippen LogP contribution in [-0.4, -0.2) is 18.2 Å². The predicted octanol–water partition coefficient (Wildman–Crippen LogP) is 4.12. The van der Waals surface area contributed by atoms with Gasteiger partial charge in [0.05, 0.1) is 0 Å². The molecular formula is C21H23NO2. The second-order valence-corrected chi connectivity index (χ2v) is 6.71. The maximum absolute atomic E-state index is 12.7. The van der Waals surface area contributed by atoms with Crippen molar-refractivity contribution in [2.45, 2.75) is 20.8 Å². The van der Waals surface area contributed by atoms with E-state index in [0.29, 0.717) is 11.1 Å². The third-order valence-corrected chi connectivity index (χ3v) is 3.59. The first-order chi connectivity index (χ1) is 11.4.